The fourth-order valence-corrected chi connectivity index (χ4v) is 3.30. The first-order valence-corrected chi connectivity index (χ1v) is 8.52. The Morgan fingerprint density at radius 3 is 2.44 bits per heavy atom. The van der Waals surface area contributed by atoms with E-state index in [1.807, 2.05) is 0 Å². The van der Waals surface area contributed by atoms with E-state index in [0.717, 1.165) is 11.1 Å². The maximum atomic E-state index is 13.8. The Morgan fingerprint density at radius 1 is 1.19 bits per heavy atom. The first-order chi connectivity index (χ1) is 12.6. The van der Waals surface area contributed by atoms with Crippen LogP contribution in [0.25, 0.3) is 0 Å². The van der Waals surface area contributed by atoms with Crippen LogP contribution in [0.5, 0.6) is 0 Å². The molecule has 1 aromatic carbocycles. The smallest absolute Gasteiger partial charge is 0.323 e. The van der Waals surface area contributed by atoms with Crippen LogP contribution >= 0.6 is 11.8 Å². The van der Waals surface area contributed by atoms with E-state index < -0.39 is 28.8 Å². The van der Waals surface area contributed by atoms with Gasteiger partial charge in [-0.3, -0.25) is 9.78 Å². The summed E-state index contributed by atoms with van der Waals surface area (Å²) in [4.78, 5) is 29.5. The molecule has 0 saturated carbocycles. The van der Waals surface area contributed by atoms with Gasteiger partial charge in [-0.15, -0.1) is 0 Å². The van der Waals surface area contributed by atoms with Gasteiger partial charge in [0.15, 0.2) is 0 Å². The first-order valence-electron chi connectivity index (χ1n) is 7.70. The van der Waals surface area contributed by atoms with E-state index in [-0.39, 0.29) is 34.3 Å². The second-order valence-corrected chi connectivity index (χ2v) is 7.23. The van der Waals surface area contributed by atoms with Crippen LogP contribution in [0.15, 0.2) is 47.6 Å². The number of nitrogens with zero attached hydrogens (tertiary/aromatic N) is 2. The van der Waals surface area contributed by atoms with Crippen molar-refractivity contribution in [3.63, 3.8) is 0 Å². The van der Waals surface area contributed by atoms with Gasteiger partial charge in [-0.25, -0.2) is 14.1 Å². The lowest BCUT2D eigenvalue weighted by molar-refractivity contribution is -0.121. The highest BCUT2D eigenvalue weighted by Crippen LogP contribution is 2.38. The quantitative estimate of drug-likeness (QED) is 0.481. The topological polar surface area (TPSA) is 62.3 Å². The van der Waals surface area contributed by atoms with Crippen molar-refractivity contribution in [1.82, 2.24) is 10.3 Å². The molecule has 0 aliphatic carbocycles. The Kier molecular flexibility index (Phi) is 4.85. The van der Waals surface area contributed by atoms with Gasteiger partial charge in [-0.1, -0.05) is 0 Å². The Bertz CT molecular complexity index is 888. The second-order valence-electron chi connectivity index (χ2n) is 6.09. The molecule has 0 radical (unpaired) electrons. The van der Waals surface area contributed by atoms with Crippen LogP contribution in [0.2, 0.25) is 0 Å². The Labute approximate surface area is 155 Å². The number of halogens is 4. The number of nitrogens with one attached hydrogen (secondary N) is 1. The molecule has 3 rings (SSSR count). The van der Waals surface area contributed by atoms with E-state index >= 15 is 0 Å². The molecule has 1 atom stereocenters. The van der Waals surface area contributed by atoms with Gasteiger partial charge in [0.05, 0.1) is 11.9 Å². The number of alkyl halides is 3. The van der Waals surface area contributed by atoms with E-state index in [1.54, 1.807) is 0 Å². The summed E-state index contributed by atoms with van der Waals surface area (Å²) in [6, 6.07) is 5.53. The minimum Gasteiger partial charge on any atom is -0.323 e. The molecule has 1 aliphatic heterocycles. The number of hydrogen-bond donors (Lipinski definition) is 1. The SMILES string of the molecule is CC1(Cc2ccncc2F)NC(=O)N(c2ccc(SC(F)(F)F)cc2)C1=O. The van der Waals surface area contributed by atoms with Crippen molar-refractivity contribution in [2.45, 2.75) is 29.3 Å². The summed E-state index contributed by atoms with van der Waals surface area (Å²) in [5.41, 5.74) is -5.49. The number of anilines is 1. The lowest BCUT2D eigenvalue weighted by Crippen LogP contribution is -2.46. The number of thioether (sulfide) groups is 1. The van der Waals surface area contributed by atoms with Crippen LogP contribution in [-0.4, -0.2) is 28.0 Å². The molecule has 3 amide bonds. The average molecular weight is 399 g/mol. The molecule has 1 aromatic heterocycles. The number of carbonyl (C=O) groups excluding carboxylic acids is 2. The van der Waals surface area contributed by atoms with E-state index in [2.05, 4.69) is 10.3 Å². The summed E-state index contributed by atoms with van der Waals surface area (Å²) >= 11 is -0.295. The van der Waals surface area contributed by atoms with Crippen molar-refractivity contribution in [1.29, 1.82) is 0 Å². The maximum Gasteiger partial charge on any atom is 0.446 e. The van der Waals surface area contributed by atoms with Crippen LogP contribution in [0.4, 0.5) is 28.0 Å². The van der Waals surface area contributed by atoms with Crippen molar-refractivity contribution in [2.24, 2.45) is 0 Å². The number of imide groups is 1. The number of benzene rings is 1. The standard InChI is InChI=1S/C17H13F4N3O2S/c1-16(8-10-6-7-22-9-13(10)18)14(25)24(15(26)23-16)11-2-4-12(5-3-11)27-17(19,20)21/h2-7,9H,8H2,1H3,(H,23,26). The average Bonchev–Trinajstić information content (AvgIpc) is 2.78. The summed E-state index contributed by atoms with van der Waals surface area (Å²) in [5.74, 6) is -1.23. The molecule has 2 aromatic rings. The molecular formula is C17H13F4N3O2S. The molecule has 27 heavy (non-hydrogen) atoms. The molecule has 0 spiro atoms. The van der Waals surface area contributed by atoms with Gasteiger partial charge in [0.2, 0.25) is 0 Å². The third-order valence-corrected chi connectivity index (χ3v) is 4.73. The predicted molar refractivity (Wildman–Crippen MR) is 90.7 cm³/mol. The lowest BCUT2D eigenvalue weighted by Gasteiger charge is -2.22. The number of aromatic nitrogens is 1. The lowest BCUT2D eigenvalue weighted by atomic mass is 9.93. The normalized spacial score (nSPS) is 20.1. The Hall–Kier alpha value is -2.62. The molecule has 1 unspecified atom stereocenters. The van der Waals surface area contributed by atoms with E-state index in [4.69, 9.17) is 0 Å². The van der Waals surface area contributed by atoms with Crippen LogP contribution in [0, 0.1) is 5.82 Å². The zero-order chi connectivity index (χ0) is 19.8. The van der Waals surface area contributed by atoms with Gasteiger partial charge in [0.1, 0.15) is 11.4 Å². The molecule has 0 bridgehead atoms. The summed E-state index contributed by atoms with van der Waals surface area (Å²) in [7, 11) is 0. The number of rotatable bonds is 4. The van der Waals surface area contributed by atoms with Gasteiger partial charge in [0, 0.05) is 17.5 Å². The maximum absolute atomic E-state index is 13.8. The summed E-state index contributed by atoms with van der Waals surface area (Å²) < 4.78 is 51.1. The Balaban J connectivity index is 1.82. The zero-order valence-electron chi connectivity index (χ0n) is 13.9. The highest BCUT2D eigenvalue weighted by atomic mass is 32.2. The van der Waals surface area contributed by atoms with Gasteiger partial charge < -0.3 is 5.32 Å². The fourth-order valence-electron chi connectivity index (χ4n) is 2.76. The summed E-state index contributed by atoms with van der Waals surface area (Å²) in [6.07, 6.45) is 2.29. The van der Waals surface area contributed by atoms with Crippen LogP contribution in [0.1, 0.15) is 12.5 Å². The molecule has 1 aliphatic rings. The summed E-state index contributed by atoms with van der Waals surface area (Å²) in [6.45, 7) is 1.46. The van der Waals surface area contributed by atoms with Crippen molar-refractivity contribution in [3.8, 4) is 0 Å². The van der Waals surface area contributed by atoms with Crippen LogP contribution < -0.4 is 10.2 Å². The molecular weight excluding hydrogens is 386 g/mol. The minimum atomic E-state index is -4.43. The van der Waals surface area contributed by atoms with Crippen molar-refractivity contribution < 1.29 is 27.2 Å². The van der Waals surface area contributed by atoms with Gasteiger partial charge in [0.25, 0.3) is 5.91 Å². The minimum absolute atomic E-state index is 0.0695. The first kappa shape index (κ1) is 19.2. The van der Waals surface area contributed by atoms with Crippen molar-refractivity contribution in [3.05, 3.63) is 54.1 Å². The molecule has 1 N–H and O–H groups in total. The van der Waals surface area contributed by atoms with Crippen molar-refractivity contribution in [2.75, 3.05) is 4.90 Å². The molecule has 1 saturated heterocycles. The number of urea groups is 1. The second kappa shape index (κ2) is 6.84. The number of pyridine rings is 1. The zero-order valence-corrected chi connectivity index (χ0v) is 14.7. The Morgan fingerprint density at radius 2 is 1.85 bits per heavy atom. The van der Waals surface area contributed by atoms with Crippen LogP contribution in [-0.2, 0) is 11.2 Å². The van der Waals surface area contributed by atoms with Crippen LogP contribution in [0.3, 0.4) is 0 Å². The highest BCUT2D eigenvalue weighted by molar-refractivity contribution is 8.00. The van der Waals surface area contributed by atoms with Gasteiger partial charge >= 0.3 is 11.5 Å². The predicted octanol–water partition coefficient (Wildman–Crippen LogP) is 3.89. The van der Waals surface area contributed by atoms with Gasteiger partial charge in [-0.05, 0) is 54.6 Å². The molecule has 10 heteroatoms. The third-order valence-electron chi connectivity index (χ3n) is 3.99. The largest absolute Gasteiger partial charge is 0.446 e. The summed E-state index contributed by atoms with van der Waals surface area (Å²) in [5, 5.41) is 2.52. The molecule has 142 valence electrons. The number of carbonyl (C=O) groups is 2. The molecule has 2 heterocycles. The van der Waals surface area contributed by atoms with E-state index in [1.165, 1.54) is 43.5 Å². The van der Waals surface area contributed by atoms with Gasteiger partial charge in [-0.2, -0.15) is 13.2 Å². The highest BCUT2D eigenvalue weighted by Gasteiger charge is 2.48. The fraction of sp³-hybridized carbons (Fsp3) is 0.235. The van der Waals surface area contributed by atoms with Crippen molar-refractivity contribution >= 4 is 29.4 Å². The number of amides is 3. The van der Waals surface area contributed by atoms with E-state index in [9.17, 15) is 27.2 Å². The number of hydrogen-bond acceptors (Lipinski definition) is 4. The molecule has 5 nitrogen and oxygen atoms in total. The molecule has 1 fully saturated rings. The third kappa shape index (κ3) is 4.05. The van der Waals surface area contributed by atoms with E-state index in [0.29, 0.717) is 0 Å². The monoisotopic (exact) mass is 399 g/mol.